The van der Waals surface area contributed by atoms with Crippen molar-refractivity contribution < 1.29 is 23.9 Å². The molecular formula is C24H24N2O5S. The van der Waals surface area contributed by atoms with E-state index in [1.807, 2.05) is 6.07 Å². The van der Waals surface area contributed by atoms with Crippen molar-refractivity contribution in [3.8, 4) is 6.07 Å². The topological polar surface area (TPSA) is 105 Å². The number of rotatable bonds is 6. The van der Waals surface area contributed by atoms with Crippen LogP contribution in [-0.2, 0) is 27.1 Å². The van der Waals surface area contributed by atoms with Gasteiger partial charge in [-0.05, 0) is 61.4 Å². The number of carbonyl (C=O) groups excluding carboxylic acids is 3. The first-order valence-corrected chi connectivity index (χ1v) is 11.1. The van der Waals surface area contributed by atoms with Gasteiger partial charge in [0, 0.05) is 4.88 Å². The third-order valence-corrected chi connectivity index (χ3v) is 6.40. The van der Waals surface area contributed by atoms with E-state index >= 15 is 0 Å². The molecule has 0 spiro atoms. The maximum absolute atomic E-state index is 12.9. The minimum absolute atomic E-state index is 0.120. The zero-order valence-corrected chi connectivity index (χ0v) is 19.0. The highest BCUT2D eigenvalue weighted by Crippen LogP contribution is 2.40. The fourth-order valence-corrected chi connectivity index (χ4v) is 4.97. The number of thiophene rings is 1. The number of amides is 1. The summed E-state index contributed by atoms with van der Waals surface area (Å²) in [4.78, 5) is 38.1. The number of hydrogen-bond donors (Lipinski definition) is 1. The molecule has 0 radical (unpaired) electrons. The van der Waals surface area contributed by atoms with Crippen LogP contribution < -0.4 is 5.32 Å². The summed E-state index contributed by atoms with van der Waals surface area (Å²) in [6.07, 6.45) is 3.99. The largest absolute Gasteiger partial charge is 0.465 e. The van der Waals surface area contributed by atoms with E-state index < -0.39 is 17.8 Å². The fourth-order valence-electron chi connectivity index (χ4n) is 3.58. The van der Waals surface area contributed by atoms with Crippen molar-refractivity contribution in [3.63, 3.8) is 0 Å². The van der Waals surface area contributed by atoms with Gasteiger partial charge in [0.2, 0.25) is 0 Å². The van der Waals surface area contributed by atoms with Crippen LogP contribution in [0.25, 0.3) is 6.08 Å². The minimum Gasteiger partial charge on any atom is -0.465 e. The Kier molecular flexibility index (Phi) is 7.44. The van der Waals surface area contributed by atoms with E-state index in [1.165, 1.54) is 24.5 Å². The van der Waals surface area contributed by atoms with Gasteiger partial charge in [-0.3, -0.25) is 4.79 Å². The van der Waals surface area contributed by atoms with Crippen LogP contribution in [0.15, 0.2) is 29.8 Å². The highest BCUT2D eigenvalue weighted by Gasteiger charge is 2.29. The molecule has 8 heteroatoms. The van der Waals surface area contributed by atoms with E-state index in [2.05, 4.69) is 17.0 Å². The van der Waals surface area contributed by atoms with Gasteiger partial charge in [-0.1, -0.05) is 19.1 Å². The third kappa shape index (κ3) is 5.06. The van der Waals surface area contributed by atoms with E-state index in [9.17, 15) is 19.6 Å². The first-order valence-electron chi connectivity index (χ1n) is 10.3. The predicted molar refractivity (Wildman–Crippen MR) is 121 cm³/mol. The van der Waals surface area contributed by atoms with Gasteiger partial charge in [-0.2, -0.15) is 5.26 Å². The van der Waals surface area contributed by atoms with Crippen molar-refractivity contribution in [2.24, 2.45) is 5.92 Å². The SMILES string of the molecule is CCOC(=O)c1c(NC(=O)/C(C#N)=C/c2ccc(C(=O)OC)cc2)sc2c1CCC(C)C2. The summed E-state index contributed by atoms with van der Waals surface area (Å²) >= 11 is 1.37. The second-order valence-corrected chi connectivity index (χ2v) is 8.62. The number of fused-ring (bicyclic) bond motifs is 1. The van der Waals surface area contributed by atoms with E-state index in [0.29, 0.717) is 27.6 Å². The summed E-state index contributed by atoms with van der Waals surface area (Å²) in [6.45, 7) is 4.13. The lowest BCUT2D eigenvalue weighted by Crippen LogP contribution is -2.17. The molecule has 1 aliphatic rings. The molecule has 1 aliphatic carbocycles. The summed E-state index contributed by atoms with van der Waals surface area (Å²) in [7, 11) is 1.29. The average Bonchev–Trinajstić information content (AvgIpc) is 3.14. The second-order valence-electron chi connectivity index (χ2n) is 7.51. The summed E-state index contributed by atoms with van der Waals surface area (Å²) < 4.78 is 9.89. The molecule has 166 valence electrons. The van der Waals surface area contributed by atoms with Gasteiger partial charge < -0.3 is 14.8 Å². The smallest absolute Gasteiger partial charge is 0.341 e. The molecule has 0 saturated heterocycles. The number of nitrogens with one attached hydrogen (secondary N) is 1. The Morgan fingerprint density at radius 3 is 2.59 bits per heavy atom. The van der Waals surface area contributed by atoms with Crippen LogP contribution in [0.3, 0.4) is 0 Å². The minimum atomic E-state index is -0.610. The zero-order chi connectivity index (χ0) is 23.3. The molecule has 1 amide bonds. The number of hydrogen-bond acceptors (Lipinski definition) is 7. The number of carbonyl (C=O) groups is 3. The number of methoxy groups -OCH3 is 1. The fraction of sp³-hybridized carbons (Fsp3) is 0.333. The lowest BCUT2D eigenvalue weighted by molar-refractivity contribution is -0.112. The molecule has 2 aromatic rings. The van der Waals surface area contributed by atoms with Crippen LogP contribution in [0.2, 0.25) is 0 Å². The van der Waals surface area contributed by atoms with Crippen molar-refractivity contribution in [1.29, 1.82) is 5.26 Å². The van der Waals surface area contributed by atoms with Crippen molar-refractivity contribution in [2.75, 3.05) is 19.0 Å². The standard InChI is InChI=1S/C24H24N2O5S/c1-4-31-24(29)20-18-10-5-14(2)11-19(18)32-22(20)26-21(27)17(13-25)12-15-6-8-16(9-7-15)23(28)30-3/h6-9,12,14H,4-5,10-11H2,1-3H3,(H,26,27)/b17-12+. The molecule has 0 aliphatic heterocycles. The van der Waals surface area contributed by atoms with Crippen LogP contribution in [0.1, 0.15) is 57.0 Å². The first kappa shape index (κ1) is 23.2. The van der Waals surface area contributed by atoms with Crippen molar-refractivity contribution >= 4 is 40.3 Å². The van der Waals surface area contributed by atoms with Gasteiger partial charge in [0.15, 0.2) is 0 Å². The summed E-state index contributed by atoms with van der Waals surface area (Å²) in [5.41, 5.74) is 2.15. The maximum Gasteiger partial charge on any atom is 0.341 e. The van der Waals surface area contributed by atoms with Gasteiger partial charge in [0.25, 0.3) is 5.91 Å². The summed E-state index contributed by atoms with van der Waals surface area (Å²) in [5, 5.41) is 12.7. The second kappa shape index (κ2) is 10.2. The maximum atomic E-state index is 12.9. The van der Waals surface area contributed by atoms with Gasteiger partial charge in [0.05, 0.1) is 24.8 Å². The molecule has 0 fully saturated rings. The lowest BCUT2D eigenvalue weighted by atomic mass is 9.88. The molecule has 1 N–H and O–H groups in total. The Bertz CT molecular complexity index is 1110. The van der Waals surface area contributed by atoms with Crippen LogP contribution in [0.4, 0.5) is 5.00 Å². The summed E-state index contributed by atoms with van der Waals surface area (Å²) in [5.74, 6) is -1.04. The Labute approximate surface area is 190 Å². The van der Waals surface area contributed by atoms with E-state index in [0.717, 1.165) is 29.7 Å². The molecule has 1 aromatic heterocycles. The Balaban J connectivity index is 1.88. The number of nitrogens with zero attached hydrogens (tertiary/aromatic N) is 1. The quantitative estimate of drug-likeness (QED) is 0.396. The van der Waals surface area contributed by atoms with E-state index in [-0.39, 0.29) is 12.2 Å². The first-order chi connectivity index (χ1) is 15.4. The van der Waals surface area contributed by atoms with Gasteiger partial charge in [-0.25, -0.2) is 9.59 Å². The number of anilines is 1. The Hall–Kier alpha value is -3.44. The third-order valence-electron chi connectivity index (χ3n) is 5.23. The molecule has 1 heterocycles. The Morgan fingerprint density at radius 1 is 1.25 bits per heavy atom. The molecule has 1 atom stereocenters. The van der Waals surface area contributed by atoms with Gasteiger partial charge in [-0.15, -0.1) is 11.3 Å². The van der Waals surface area contributed by atoms with E-state index in [1.54, 1.807) is 31.2 Å². The number of nitriles is 1. The number of benzene rings is 1. The molecule has 0 bridgehead atoms. The highest BCUT2D eigenvalue weighted by molar-refractivity contribution is 7.17. The lowest BCUT2D eigenvalue weighted by Gasteiger charge is -2.18. The molecule has 32 heavy (non-hydrogen) atoms. The molecule has 7 nitrogen and oxygen atoms in total. The van der Waals surface area contributed by atoms with Crippen LogP contribution >= 0.6 is 11.3 Å². The molecular weight excluding hydrogens is 428 g/mol. The van der Waals surface area contributed by atoms with Crippen molar-refractivity contribution in [3.05, 3.63) is 57.0 Å². The molecule has 3 rings (SSSR count). The van der Waals surface area contributed by atoms with E-state index in [4.69, 9.17) is 4.74 Å². The van der Waals surface area contributed by atoms with Crippen LogP contribution in [-0.4, -0.2) is 31.6 Å². The van der Waals surface area contributed by atoms with Crippen LogP contribution in [0.5, 0.6) is 0 Å². The van der Waals surface area contributed by atoms with Gasteiger partial charge in [0.1, 0.15) is 16.6 Å². The number of ether oxygens (including phenoxy) is 2. The van der Waals surface area contributed by atoms with Crippen LogP contribution in [0, 0.1) is 17.2 Å². The summed E-state index contributed by atoms with van der Waals surface area (Å²) in [6, 6.07) is 8.25. The zero-order valence-electron chi connectivity index (χ0n) is 18.2. The molecule has 1 unspecified atom stereocenters. The van der Waals surface area contributed by atoms with Gasteiger partial charge >= 0.3 is 11.9 Å². The number of esters is 2. The normalized spacial score (nSPS) is 15.3. The Morgan fingerprint density at radius 2 is 1.97 bits per heavy atom. The van der Waals surface area contributed by atoms with Crippen molar-refractivity contribution in [2.45, 2.75) is 33.1 Å². The monoisotopic (exact) mass is 452 g/mol. The predicted octanol–water partition coefficient (Wildman–Crippen LogP) is 4.38. The molecule has 0 saturated carbocycles. The average molecular weight is 453 g/mol. The molecule has 1 aromatic carbocycles. The van der Waals surface area contributed by atoms with Crippen molar-refractivity contribution in [1.82, 2.24) is 0 Å². The highest BCUT2D eigenvalue weighted by atomic mass is 32.1.